The number of halogens is 3. The van der Waals surface area contributed by atoms with E-state index < -0.39 is 18.1 Å². The molecule has 2 saturated heterocycles. The molecule has 1 aromatic carbocycles. The van der Waals surface area contributed by atoms with Crippen LogP contribution in [0.25, 0.3) is 0 Å². The summed E-state index contributed by atoms with van der Waals surface area (Å²) in [6.45, 7) is 5.52. The standard InChI is InChI=1S/C27H34FN3O5S.2ClH/c1-17(27(35)36)31-14-13-29(16-24(31)33)11-9-20-15-30(12-10-23(20)37-18(2)32)25(26(34)19-7-8-19)21-5-3-4-6-22(21)28;;/h3-6,9,17,19,23,25H,7-8,10-16H2,1-2H3,(H,35,36);2*1H/b20-9+;;. The second kappa shape index (κ2) is 14.6. The molecular weight excluding hydrogens is 568 g/mol. The van der Waals surface area contributed by atoms with Crippen LogP contribution in [0.5, 0.6) is 0 Å². The third-order valence-electron chi connectivity index (χ3n) is 7.37. The van der Waals surface area contributed by atoms with E-state index in [1.807, 2.05) is 15.9 Å². The summed E-state index contributed by atoms with van der Waals surface area (Å²) in [4.78, 5) is 54.5. The number of hydrogen-bond donors (Lipinski definition) is 1. The van der Waals surface area contributed by atoms with E-state index in [9.17, 15) is 28.7 Å². The van der Waals surface area contributed by atoms with Gasteiger partial charge in [0.15, 0.2) is 10.9 Å². The number of carboxylic acids is 1. The first kappa shape index (κ1) is 33.2. The average Bonchev–Trinajstić information content (AvgIpc) is 3.70. The van der Waals surface area contributed by atoms with Crippen molar-refractivity contribution < 1.29 is 28.7 Å². The van der Waals surface area contributed by atoms with Gasteiger partial charge in [0.2, 0.25) is 5.91 Å². The van der Waals surface area contributed by atoms with E-state index in [2.05, 4.69) is 0 Å². The first-order valence-corrected chi connectivity index (χ1v) is 13.7. The van der Waals surface area contributed by atoms with Gasteiger partial charge in [-0.3, -0.25) is 24.2 Å². The molecule has 12 heteroatoms. The molecule has 0 spiro atoms. The van der Waals surface area contributed by atoms with Crippen LogP contribution in [-0.4, -0.2) is 93.1 Å². The smallest absolute Gasteiger partial charge is 0.326 e. The first-order valence-electron chi connectivity index (χ1n) is 12.8. The number of likely N-dealkylation sites (tertiary alicyclic amines) is 1. The Bertz CT molecular complexity index is 1100. The van der Waals surface area contributed by atoms with E-state index in [4.69, 9.17) is 0 Å². The summed E-state index contributed by atoms with van der Waals surface area (Å²) >= 11 is 1.27. The summed E-state index contributed by atoms with van der Waals surface area (Å²) in [5.74, 6) is -1.62. The fraction of sp³-hybridized carbons (Fsp3) is 0.556. The van der Waals surface area contributed by atoms with Crippen LogP contribution in [0.3, 0.4) is 0 Å². The van der Waals surface area contributed by atoms with Crippen molar-refractivity contribution in [3.05, 3.63) is 47.3 Å². The maximum atomic E-state index is 14.8. The van der Waals surface area contributed by atoms with Gasteiger partial charge >= 0.3 is 5.97 Å². The molecule has 2 aliphatic heterocycles. The van der Waals surface area contributed by atoms with E-state index in [1.165, 1.54) is 36.6 Å². The summed E-state index contributed by atoms with van der Waals surface area (Å²) < 4.78 is 14.8. The lowest BCUT2D eigenvalue weighted by Gasteiger charge is -2.39. The molecule has 3 fully saturated rings. The third kappa shape index (κ3) is 8.27. The molecular formula is C27H36Cl2FN3O5S. The van der Waals surface area contributed by atoms with Gasteiger partial charge in [-0.25, -0.2) is 9.18 Å². The summed E-state index contributed by atoms with van der Waals surface area (Å²) in [5, 5.41) is 9.20. The van der Waals surface area contributed by atoms with Crippen molar-refractivity contribution in [2.45, 2.75) is 50.4 Å². The zero-order valence-corrected chi connectivity index (χ0v) is 24.5. The molecule has 3 unspecified atom stereocenters. The van der Waals surface area contributed by atoms with Crippen molar-refractivity contribution in [1.82, 2.24) is 14.7 Å². The van der Waals surface area contributed by atoms with Gasteiger partial charge in [0, 0.05) is 56.4 Å². The van der Waals surface area contributed by atoms with E-state index in [-0.39, 0.29) is 65.1 Å². The predicted molar refractivity (Wildman–Crippen MR) is 153 cm³/mol. The van der Waals surface area contributed by atoms with Crippen molar-refractivity contribution in [2.75, 3.05) is 39.3 Å². The van der Waals surface area contributed by atoms with Gasteiger partial charge in [-0.05, 0) is 37.8 Å². The number of piperidine rings is 1. The number of hydrogen-bond acceptors (Lipinski definition) is 7. The van der Waals surface area contributed by atoms with Crippen molar-refractivity contribution in [2.24, 2.45) is 5.92 Å². The van der Waals surface area contributed by atoms with Crippen LogP contribution in [0.15, 0.2) is 35.9 Å². The third-order valence-corrected chi connectivity index (χ3v) is 8.53. The monoisotopic (exact) mass is 603 g/mol. The highest BCUT2D eigenvalue weighted by molar-refractivity contribution is 8.14. The Balaban J connectivity index is 0.00000267. The number of carboxylic acid groups (broad SMARTS) is 1. The quantitative estimate of drug-likeness (QED) is 0.428. The van der Waals surface area contributed by atoms with Gasteiger partial charge in [-0.1, -0.05) is 36.0 Å². The van der Waals surface area contributed by atoms with E-state index >= 15 is 0 Å². The number of amides is 1. The molecule has 0 bridgehead atoms. The lowest BCUT2D eigenvalue weighted by Crippen LogP contribution is -2.55. The maximum Gasteiger partial charge on any atom is 0.326 e. The van der Waals surface area contributed by atoms with Crippen molar-refractivity contribution >= 4 is 59.4 Å². The average molecular weight is 605 g/mol. The number of carbonyl (C=O) groups excluding carboxylic acids is 3. The van der Waals surface area contributed by atoms with Gasteiger partial charge in [0.1, 0.15) is 11.9 Å². The van der Waals surface area contributed by atoms with E-state index in [0.29, 0.717) is 44.7 Å². The Labute approximate surface area is 245 Å². The molecule has 1 amide bonds. The van der Waals surface area contributed by atoms with Crippen LogP contribution in [0, 0.1) is 11.7 Å². The molecule has 1 aliphatic carbocycles. The minimum absolute atomic E-state index is 0. The van der Waals surface area contributed by atoms with Crippen LogP contribution in [-0.2, 0) is 19.2 Å². The molecule has 3 aliphatic rings. The van der Waals surface area contributed by atoms with E-state index in [1.54, 1.807) is 18.2 Å². The number of thioether (sulfide) groups is 1. The molecule has 1 N–H and O–H groups in total. The highest BCUT2D eigenvalue weighted by atomic mass is 35.5. The summed E-state index contributed by atoms with van der Waals surface area (Å²) in [7, 11) is 0. The van der Waals surface area contributed by atoms with Gasteiger partial charge < -0.3 is 10.0 Å². The molecule has 8 nitrogen and oxygen atoms in total. The zero-order valence-electron chi connectivity index (χ0n) is 22.1. The second-order valence-corrected chi connectivity index (χ2v) is 11.5. The number of aliphatic carboxylic acids is 1. The van der Waals surface area contributed by atoms with Crippen LogP contribution in [0.4, 0.5) is 4.39 Å². The minimum atomic E-state index is -1.03. The number of piperazine rings is 1. The number of rotatable bonds is 9. The Hall–Kier alpha value is -1.98. The van der Waals surface area contributed by atoms with Crippen molar-refractivity contribution in [3.63, 3.8) is 0 Å². The van der Waals surface area contributed by atoms with Crippen molar-refractivity contribution in [3.8, 4) is 0 Å². The highest BCUT2D eigenvalue weighted by Crippen LogP contribution is 2.40. The first-order chi connectivity index (χ1) is 17.7. The van der Waals surface area contributed by atoms with Crippen molar-refractivity contribution in [1.29, 1.82) is 0 Å². The molecule has 2 heterocycles. The number of Topliss-reactive ketones (excluding diaryl/α,β-unsaturated/α-hetero) is 1. The number of nitrogens with zero attached hydrogens (tertiary/aromatic N) is 3. The largest absolute Gasteiger partial charge is 0.480 e. The molecule has 0 aromatic heterocycles. The van der Waals surface area contributed by atoms with E-state index in [0.717, 1.165) is 18.4 Å². The highest BCUT2D eigenvalue weighted by Gasteiger charge is 2.41. The Kier molecular flexibility index (Phi) is 12.4. The predicted octanol–water partition coefficient (Wildman–Crippen LogP) is 3.59. The summed E-state index contributed by atoms with van der Waals surface area (Å²) in [6, 6.07) is 4.92. The second-order valence-electron chi connectivity index (χ2n) is 10.1. The van der Waals surface area contributed by atoms with Crippen LogP contribution < -0.4 is 0 Å². The molecule has 1 aromatic rings. The fourth-order valence-electron chi connectivity index (χ4n) is 5.13. The zero-order chi connectivity index (χ0) is 26.7. The molecule has 4 rings (SSSR count). The molecule has 3 atom stereocenters. The minimum Gasteiger partial charge on any atom is -0.480 e. The van der Waals surface area contributed by atoms with Gasteiger partial charge in [-0.15, -0.1) is 24.8 Å². The fourth-order valence-corrected chi connectivity index (χ4v) is 6.08. The lowest BCUT2D eigenvalue weighted by molar-refractivity contribution is -0.152. The number of carbonyl (C=O) groups is 4. The number of ketones is 1. The molecule has 39 heavy (non-hydrogen) atoms. The molecule has 1 saturated carbocycles. The van der Waals surface area contributed by atoms with Crippen LogP contribution in [0.2, 0.25) is 0 Å². The number of benzene rings is 1. The van der Waals surface area contributed by atoms with Crippen LogP contribution in [0.1, 0.15) is 44.7 Å². The molecule has 0 radical (unpaired) electrons. The SMILES string of the molecule is CC(=O)SC1CCN(C(C(=O)C2CC2)c2ccccc2F)C/C1=C\CN1CCN(C(C)C(=O)O)C(=O)C1.Cl.Cl. The Morgan fingerprint density at radius 1 is 1.10 bits per heavy atom. The Morgan fingerprint density at radius 3 is 2.38 bits per heavy atom. The molecule has 216 valence electrons. The van der Waals surface area contributed by atoms with Gasteiger partial charge in [0.05, 0.1) is 12.6 Å². The summed E-state index contributed by atoms with van der Waals surface area (Å²) in [6.07, 6.45) is 4.35. The summed E-state index contributed by atoms with van der Waals surface area (Å²) in [5.41, 5.74) is 1.39. The van der Waals surface area contributed by atoms with Gasteiger partial charge in [0.25, 0.3) is 0 Å². The Morgan fingerprint density at radius 2 is 1.79 bits per heavy atom. The lowest BCUT2D eigenvalue weighted by atomic mass is 9.93. The topological polar surface area (TPSA) is 98.2 Å². The van der Waals surface area contributed by atoms with Gasteiger partial charge in [-0.2, -0.15) is 0 Å². The maximum absolute atomic E-state index is 14.8. The van der Waals surface area contributed by atoms with Crippen LogP contribution >= 0.6 is 36.6 Å². The normalized spacial score (nSPS) is 22.9.